The number of nitrogens with zero attached hydrogens (tertiary/aromatic N) is 1. The molecule has 0 radical (unpaired) electrons. The largest absolute Gasteiger partial charge is 0.489 e. The molecule has 0 bridgehead atoms. The van der Waals surface area contributed by atoms with Gasteiger partial charge in [0, 0.05) is 17.1 Å². The Bertz CT molecular complexity index is 1090. The predicted molar refractivity (Wildman–Crippen MR) is 123 cm³/mol. The Balaban J connectivity index is 0.00000341. The van der Waals surface area contributed by atoms with Gasteiger partial charge in [-0.05, 0) is 51.3 Å². The molecule has 0 fully saturated rings. The Hall–Kier alpha value is -3.13. The van der Waals surface area contributed by atoms with Crippen molar-refractivity contribution in [3.8, 4) is 5.75 Å². The van der Waals surface area contributed by atoms with Crippen LogP contribution in [0.1, 0.15) is 61.4 Å². The molecule has 0 saturated heterocycles. The summed E-state index contributed by atoms with van der Waals surface area (Å²) in [6.45, 7) is 7.68. The Labute approximate surface area is 186 Å². The lowest BCUT2D eigenvalue weighted by Gasteiger charge is -2.19. The van der Waals surface area contributed by atoms with Crippen LogP contribution in [0.2, 0.25) is 0 Å². The van der Waals surface area contributed by atoms with Gasteiger partial charge in [0.05, 0.1) is 22.4 Å². The molecule has 0 amide bonds. The lowest BCUT2D eigenvalue weighted by atomic mass is 10.1. The van der Waals surface area contributed by atoms with Crippen LogP contribution < -0.4 is 10.5 Å². The minimum absolute atomic E-state index is 0. The number of hydrogen-bond acceptors (Lipinski definition) is 8. The van der Waals surface area contributed by atoms with Crippen LogP contribution in [0.4, 0.5) is 5.82 Å². The van der Waals surface area contributed by atoms with Gasteiger partial charge in [-0.2, -0.15) is 0 Å². The summed E-state index contributed by atoms with van der Waals surface area (Å²) in [5.41, 5.74) is 7.07. The molecule has 2 aromatic heterocycles. The molecule has 166 valence electrons. The number of hydrogen-bond donors (Lipinski definition) is 1. The first-order valence-electron chi connectivity index (χ1n) is 9.47. The van der Waals surface area contributed by atoms with Crippen molar-refractivity contribution >= 4 is 39.2 Å². The molecule has 0 aliphatic rings. The van der Waals surface area contributed by atoms with E-state index < -0.39 is 17.5 Å². The molecular formula is C23H28N2O5S. The zero-order chi connectivity index (χ0) is 21.9. The van der Waals surface area contributed by atoms with Crippen LogP contribution in [-0.2, 0) is 16.1 Å². The van der Waals surface area contributed by atoms with Gasteiger partial charge in [0.1, 0.15) is 23.8 Å². The van der Waals surface area contributed by atoms with Gasteiger partial charge in [-0.25, -0.2) is 14.6 Å². The van der Waals surface area contributed by atoms with Crippen LogP contribution in [0.5, 0.6) is 5.75 Å². The minimum Gasteiger partial charge on any atom is -0.489 e. The number of nitrogens with two attached hydrogens (primary N) is 1. The van der Waals surface area contributed by atoms with Crippen molar-refractivity contribution in [2.45, 2.75) is 47.3 Å². The zero-order valence-electron chi connectivity index (χ0n) is 17.4. The topological polar surface area (TPSA) is 101 Å². The molecule has 0 unspecified atom stereocenters. The molecule has 0 aliphatic heterocycles. The molecule has 0 atom stereocenters. The Morgan fingerprint density at radius 1 is 1.19 bits per heavy atom. The van der Waals surface area contributed by atoms with E-state index in [1.165, 1.54) is 17.5 Å². The lowest BCUT2D eigenvalue weighted by molar-refractivity contribution is 0.00688. The first-order chi connectivity index (χ1) is 14.2. The molecule has 8 heteroatoms. The maximum absolute atomic E-state index is 12.3. The molecule has 0 saturated carbocycles. The number of esters is 2. The van der Waals surface area contributed by atoms with Crippen molar-refractivity contribution < 1.29 is 23.8 Å². The van der Waals surface area contributed by atoms with Crippen LogP contribution in [0.25, 0.3) is 10.1 Å². The number of benzene rings is 1. The summed E-state index contributed by atoms with van der Waals surface area (Å²) >= 11 is 1.38. The number of pyridine rings is 1. The number of carbonyl (C=O) groups is 2. The fourth-order valence-electron chi connectivity index (χ4n) is 2.80. The normalized spacial score (nSPS) is 11.0. The maximum atomic E-state index is 12.3. The third-order valence-electron chi connectivity index (χ3n) is 4.06. The first-order valence-corrected chi connectivity index (χ1v) is 10.4. The summed E-state index contributed by atoms with van der Waals surface area (Å²) in [5, 5.41) is 2.55. The summed E-state index contributed by atoms with van der Waals surface area (Å²) in [7, 11) is 0. The van der Waals surface area contributed by atoms with Crippen LogP contribution >= 0.6 is 11.3 Å². The number of thiophene rings is 1. The van der Waals surface area contributed by atoms with Gasteiger partial charge in [-0.1, -0.05) is 13.5 Å². The van der Waals surface area contributed by atoms with Crippen molar-refractivity contribution in [1.29, 1.82) is 0 Å². The summed E-state index contributed by atoms with van der Waals surface area (Å²) in [5.74, 6) is -0.0120. The van der Waals surface area contributed by atoms with Gasteiger partial charge in [0.15, 0.2) is 0 Å². The predicted octanol–water partition coefficient (Wildman–Crippen LogP) is 5.23. The third-order valence-corrected chi connectivity index (χ3v) is 5.12. The van der Waals surface area contributed by atoms with Crippen molar-refractivity contribution in [2.75, 3.05) is 12.3 Å². The SMILES string of the molecule is C.CCOC(=O)c1cnc(N)c2c(COc3cccc(C(=O)OC(C)(C)C)c3)csc12. The van der Waals surface area contributed by atoms with E-state index >= 15 is 0 Å². The zero-order valence-corrected chi connectivity index (χ0v) is 18.2. The minimum atomic E-state index is -0.579. The highest BCUT2D eigenvalue weighted by Crippen LogP contribution is 2.33. The number of nitrogen functional groups attached to an aromatic ring is 1. The average Bonchev–Trinajstić information content (AvgIpc) is 3.10. The highest BCUT2D eigenvalue weighted by atomic mass is 32.1. The van der Waals surface area contributed by atoms with E-state index in [0.717, 1.165) is 5.56 Å². The number of ether oxygens (including phenoxy) is 3. The number of aromatic nitrogens is 1. The van der Waals surface area contributed by atoms with E-state index in [1.807, 2.05) is 26.2 Å². The molecule has 2 heterocycles. The maximum Gasteiger partial charge on any atom is 0.341 e. The molecular weight excluding hydrogens is 416 g/mol. The average molecular weight is 445 g/mol. The van der Waals surface area contributed by atoms with E-state index in [1.54, 1.807) is 31.2 Å². The highest BCUT2D eigenvalue weighted by molar-refractivity contribution is 7.17. The quantitative estimate of drug-likeness (QED) is 0.520. The summed E-state index contributed by atoms with van der Waals surface area (Å²) in [6, 6.07) is 6.80. The smallest absolute Gasteiger partial charge is 0.341 e. The Morgan fingerprint density at radius 3 is 2.61 bits per heavy atom. The van der Waals surface area contributed by atoms with Gasteiger partial charge in [0.25, 0.3) is 0 Å². The fraction of sp³-hybridized carbons (Fsp3) is 0.348. The standard InChI is InChI=1S/C22H24N2O5S.CH4/c1-5-27-21(26)16-10-24-19(23)17-14(12-30-18(16)17)11-28-15-8-6-7-13(9-15)20(25)29-22(2,3)4;/h6-10,12H,5,11H2,1-4H3,(H2,23,24);1H4. The third kappa shape index (κ3) is 5.73. The molecule has 0 aliphatic carbocycles. The summed E-state index contributed by atoms with van der Waals surface area (Å²) in [6.07, 6.45) is 1.43. The van der Waals surface area contributed by atoms with Gasteiger partial charge in [-0.3, -0.25) is 0 Å². The molecule has 3 aromatic rings. The molecule has 31 heavy (non-hydrogen) atoms. The molecule has 3 rings (SSSR count). The number of anilines is 1. The van der Waals surface area contributed by atoms with E-state index in [4.69, 9.17) is 19.9 Å². The van der Waals surface area contributed by atoms with Gasteiger partial charge < -0.3 is 19.9 Å². The van der Waals surface area contributed by atoms with E-state index in [9.17, 15) is 9.59 Å². The number of fused-ring (bicyclic) bond motifs is 1. The van der Waals surface area contributed by atoms with Gasteiger partial charge in [-0.15, -0.1) is 11.3 Å². The van der Waals surface area contributed by atoms with Crippen molar-refractivity contribution in [3.05, 3.63) is 52.5 Å². The Kier molecular flexibility index (Phi) is 7.62. The van der Waals surface area contributed by atoms with E-state index in [-0.39, 0.29) is 20.6 Å². The first kappa shape index (κ1) is 24.1. The summed E-state index contributed by atoms with van der Waals surface area (Å²) in [4.78, 5) is 28.6. The second-order valence-corrected chi connectivity index (χ2v) is 8.44. The lowest BCUT2D eigenvalue weighted by Crippen LogP contribution is -2.23. The van der Waals surface area contributed by atoms with Crippen LogP contribution in [0, 0.1) is 0 Å². The van der Waals surface area contributed by atoms with Crippen LogP contribution in [0.3, 0.4) is 0 Å². The fourth-order valence-corrected chi connectivity index (χ4v) is 3.86. The second-order valence-electron chi connectivity index (χ2n) is 7.56. The van der Waals surface area contributed by atoms with Crippen molar-refractivity contribution in [1.82, 2.24) is 4.98 Å². The van der Waals surface area contributed by atoms with Crippen LogP contribution in [-0.4, -0.2) is 29.1 Å². The molecule has 2 N–H and O–H groups in total. The van der Waals surface area contributed by atoms with Crippen molar-refractivity contribution in [3.63, 3.8) is 0 Å². The highest BCUT2D eigenvalue weighted by Gasteiger charge is 2.20. The Morgan fingerprint density at radius 2 is 1.94 bits per heavy atom. The number of carbonyl (C=O) groups excluding carboxylic acids is 2. The monoisotopic (exact) mass is 444 g/mol. The van der Waals surface area contributed by atoms with Crippen molar-refractivity contribution in [2.24, 2.45) is 0 Å². The number of rotatable bonds is 6. The van der Waals surface area contributed by atoms with Crippen LogP contribution in [0.15, 0.2) is 35.8 Å². The molecule has 7 nitrogen and oxygen atoms in total. The van der Waals surface area contributed by atoms with E-state index in [2.05, 4.69) is 4.98 Å². The van der Waals surface area contributed by atoms with Gasteiger partial charge in [0.2, 0.25) is 0 Å². The molecule has 1 aromatic carbocycles. The van der Waals surface area contributed by atoms with Gasteiger partial charge >= 0.3 is 11.9 Å². The summed E-state index contributed by atoms with van der Waals surface area (Å²) < 4.78 is 17.1. The van der Waals surface area contributed by atoms with E-state index in [0.29, 0.717) is 32.8 Å². The second kappa shape index (κ2) is 9.78. The molecule has 0 spiro atoms.